The van der Waals surface area contributed by atoms with Gasteiger partial charge in [-0.2, -0.15) is 13.2 Å². The first-order chi connectivity index (χ1) is 15.6. The summed E-state index contributed by atoms with van der Waals surface area (Å²) in [5, 5.41) is 11.5. The maximum absolute atomic E-state index is 12.9. The van der Waals surface area contributed by atoms with Gasteiger partial charge in [-0.3, -0.25) is 14.9 Å². The molecule has 7 nitrogen and oxygen atoms in total. The van der Waals surface area contributed by atoms with Crippen LogP contribution < -0.4 is 4.90 Å². The van der Waals surface area contributed by atoms with Gasteiger partial charge < -0.3 is 9.80 Å². The number of amides is 1. The highest BCUT2D eigenvalue weighted by atomic mass is 32.2. The zero-order valence-corrected chi connectivity index (χ0v) is 19.2. The Kier molecular flexibility index (Phi) is 7.83. The number of carbonyl (C=O) groups is 1. The van der Waals surface area contributed by atoms with Gasteiger partial charge in [-0.1, -0.05) is 13.8 Å². The Labute approximate surface area is 194 Å². The van der Waals surface area contributed by atoms with Crippen molar-refractivity contribution in [3.8, 4) is 0 Å². The molecule has 178 valence electrons. The lowest BCUT2D eigenvalue weighted by molar-refractivity contribution is -0.387. The molecule has 1 aromatic heterocycles. The summed E-state index contributed by atoms with van der Waals surface area (Å²) in [6.07, 6.45) is -2.71. The monoisotopic (exact) mass is 482 g/mol. The number of hydrogen-bond donors (Lipinski definition) is 0. The molecule has 0 spiro atoms. The van der Waals surface area contributed by atoms with Crippen LogP contribution in [0.1, 0.15) is 36.2 Å². The lowest BCUT2D eigenvalue weighted by Gasteiger charge is -2.35. The van der Waals surface area contributed by atoms with Crippen molar-refractivity contribution in [3.63, 3.8) is 0 Å². The van der Waals surface area contributed by atoms with Gasteiger partial charge in [0.25, 0.3) is 11.6 Å². The van der Waals surface area contributed by atoms with E-state index in [4.69, 9.17) is 0 Å². The van der Waals surface area contributed by atoms with E-state index in [9.17, 15) is 28.1 Å². The van der Waals surface area contributed by atoms with Gasteiger partial charge in [0.2, 0.25) is 0 Å². The lowest BCUT2D eigenvalue weighted by Crippen LogP contribution is -2.49. The fraction of sp³-hybridized carbons (Fsp3) is 0.455. The minimum absolute atomic E-state index is 0.0813. The molecule has 2 heterocycles. The van der Waals surface area contributed by atoms with Crippen LogP contribution in [0.15, 0.2) is 41.4 Å². The predicted molar refractivity (Wildman–Crippen MR) is 121 cm³/mol. The van der Waals surface area contributed by atoms with Gasteiger partial charge in [0.1, 0.15) is 5.82 Å². The number of pyridine rings is 1. The maximum atomic E-state index is 12.9. The first-order valence-corrected chi connectivity index (χ1v) is 11.5. The molecule has 0 unspecified atom stereocenters. The molecule has 0 atom stereocenters. The Bertz CT molecular complexity index is 991. The maximum Gasteiger partial charge on any atom is 0.417 e. The number of nitrogens with zero attached hydrogens (tertiary/aromatic N) is 4. The van der Waals surface area contributed by atoms with Gasteiger partial charge in [-0.25, -0.2) is 4.98 Å². The molecule has 0 bridgehead atoms. The molecule has 2 aromatic rings. The van der Waals surface area contributed by atoms with Crippen molar-refractivity contribution in [2.45, 2.75) is 31.3 Å². The molecule has 11 heteroatoms. The van der Waals surface area contributed by atoms with Crippen molar-refractivity contribution < 1.29 is 22.9 Å². The van der Waals surface area contributed by atoms with E-state index in [-0.39, 0.29) is 17.2 Å². The van der Waals surface area contributed by atoms with E-state index in [2.05, 4.69) is 18.8 Å². The molecule has 33 heavy (non-hydrogen) atoms. The Morgan fingerprint density at radius 2 is 1.88 bits per heavy atom. The number of alkyl halides is 3. The van der Waals surface area contributed by atoms with Crippen LogP contribution in [-0.2, 0) is 6.18 Å². The highest BCUT2D eigenvalue weighted by Crippen LogP contribution is 2.32. The van der Waals surface area contributed by atoms with Crippen molar-refractivity contribution in [2.24, 2.45) is 5.92 Å². The van der Waals surface area contributed by atoms with Crippen LogP contribution in [0.2, 0.25) is 0 Å². The molecule has 1 amide bonds. The number of nitro benzene ring substituents is 1. The van der Waals surface area contributed by atoms with Crippen LogP contribution in [0.25, 0.3) is 0 Å². The van der Waals surface area contributed by atoms with Gasteiger partial charge in [-0.15, -0.1) is 11.8 Å². The van der Waals surface area contributed by atoms with E-state index < -0.39 is 16.7 Å². The number of anilines is 1. The fourth-order valence-corrected chi connectivity index (χ4v) is 4.64. The van der Waals surface area contributed by atoms with E-state index in [0.29, 0.717) is 42.8 Å². The highest BCUT2D eigenvalue weighted by molar-refractivity contribution is 7.99. The van der Waals surface area contributed by atoms with Crippen LogP contribution in [0.3, 0.4) is 0 Å². The SMILES string of the molecule is CC(C)CCSc1ccc(C(=O)N2CCN(c3ccc(C(F)(F)F)cn3)CC2)cc1[N+](=O)[O-]. The van der Waals surface area contributed by atoms with Crippen molar-refractivity contribution >= 4 is 29.2 Å². The van der Waals surface area contributed by atoms with Gasteiger partial charge in [-0.05, 0) is 42.4 Å². The Balaban J connectivity index is 1.64. The Hall–Kier alpha value is -2.82. The molecule has 0 radical (unpaired) electrons. The predicted octanol–water partition coefficient (Wildman–Crippen LogP) is 5.11. The van der Waals surface area contributed by atoms with E-state index in [0.717, 1.165) is 24.4 Å². The molecule has 1 fully saturated rings. The molecule has 1 aliphatic rings. The van der Waals surface area contributed by atoms with Gasteiger partial charge in [0, 0.05) is 44.0 Å². The Morgan fingerprint density at radius 1 is 1.18 bits per heavy atom. The topological polar surface area (TPSA) is 79.6 Å². The van der Waals surface area contributed by atoms with Crippen LogP contribution in [-0.4, -0.2) is 52.6 Å². The third-order valence-corrected chi connectivity index (χ3v) is 6.42. The van der Waals surface area contributed by atoms with E-state index in [1.807, 2.05) is 0 Å². The number of rotatable bonds is 7. The number of nitro groups is 1. The van der Waals surface area contributed by atoms with Crippen molar-refractivity contribution in [1.82, 2.24) is 9.88 Å². The van der Waals surface area contributed by atoms with Gasteiger partial charge in [0.15, 0.2) is 0 Å². The highest BCUT2D eigenvalue weighted by Gasteiger charge is 2.31. The number of hydrogen-bond acceptors (Lipinski definition) is 6. The first kappa shape index (κ1) is 24.8. The van der Waals surface area contributed by atoms with E-state index in [1.54, 1.807) is 21.9 Å². The number of benzene rings is 1. The fourth-order valence-electron chi connectivity index (χ4n) is 3.38. The molecule has 1 saturated heterocycles. The molecular formula is C22H25F3N4O3S. The summed E-state index contributed by atoms with van der Waals surface area (Å²) < 4.78 is 38.2. The summed E-state index contributed by atoms with van der Waals surface area (Å²) >= 11 is 1.41. The largest absolute Gasteiger partial charge is 0.417 e. The Morgan fingerprint density at radius 3 is 2.42 bits per heavy atom. The first-order valence-electron chi connectivity index (χ1n) is 10.5. The number of aromatic nitrogens is 1. The third-order valence-electron chi connectivity index (χ3n) is 5.32. The minimum Gasteiger partial charge on any atom is -0.353 e. The lowest BCUT2D eigenvalue weighted by atomic mass is 10.1. The second-order valence-corrected chi connectivity index (χ2v) is 9.29. The second kappa shape index (κ2) is 10.4. The number of thioether (sulfide) groups is 1. The molecule has 1 aromatic carbocycles. The summed E-state index contributed by atoms with van der Waals surface area (Å²) in [5.74, 6) is 1.35. The molecule has 0 N–H and O–H groups in total. The van der Waals surface area contributed by atoms with Crippen molar-refractivity contribution in [3.05, 3.63) is 57.8 Å². The molecule has 0 saturated carbocycles. The zero-order chi connectivity index (χ0) is 24.2. The van der Waals surface area contributed by atoms with E-state index in [1.165, 1.54) is 23.9 Å². The van der Waals surface area contributed by atoms with Crippen LogP contribution in [0.5, 0.6) is 0 Å². The van der Waals surface area contributed by atoms with E-state index >= 15 is 0 Å². The van der Waals surface area contributed by atoms with Crippen LogP contribution >= 0.6 is 11.8 Å². The number of carbonyl (C=O) groups excluding carboxylic acids is 1. The average molecular weight is 483 g/mol. The zero-order valence-electron chi connectivity index (χ0n) is 18.3. The van der Waals surface area contributed by atoms with Crippen molar-refractivity contribution in [2.75, 3.05) is 36.8 Å². The number of piperazine rings is 1. The normalized spacial score (nSPS) is 14.6. The smallest absolute Gasteiger partial charge is 0.353 e. The molecule has 1 aliphatic heterocycles. The van der Waals surface area contributed by atoms with Gasteiger partial charge >= 0.3 is 6.18 Å². The minimum atomic E-state index is -4.44. The average Bonchev–Trinajstić information content (AvgIpc) is 2.78. The molecular weight excluding hydrogens is 457 g/mol. The summed E-state index contributed by atoms with van der Waals surface area (Å²) in [4.78, 5) is 31.8. The van der Waals surface area contributed by atoms with Crippen molar-refractivity contribution in [1.29, 1.82) is 0 Å². The summed E-state index contributed by atoms with van der Waals surface area (Å²) in [6.45, 7) is 5.64. The van der Waals surface area contributed by atoms with Crippen LogP contribution in [0.4, 0.5) is 24.7 Å². The van der Waals surface area contributed by atoms with Crippen LogP contribution in [0, 0.1) is 16.0 Å². The standard InChI is InChI=1S/C22H25F3N4O3S/c1-15(2)7-12-33-19-5-3-16(13-18(19)29(31)32)21(30)28-10-8-27(9-11-28)20-6-4-17(14-26-20)22(23,24)25/h3-6,13-15H,7-12H2,1-2H3. The molecule has 0 aliphatic carbocycles. The summed E-state index contributed by atoms with van der Waals surface area (Å²) in [6, 6.07) is 6.86. The third kappa shape index (κ3) is 6.37. The summed E-state index contributed by atoms with van der Waals surface area (Å²) in [7, 11) is 0. The quantitative estimate of drug-likeness (QED) is 0.310. The molecule has 3 rings (SSSR count). The second-order valence-electron chi connectivity index (χ2n) is 8.15. The summed E-state index contributed by atoms with van der Waals surface area (Å²) in [5.41, 5.74) is -0.648. The number of halogens is 3. The van der Waals surface area contributed by atoms with Gasteiger partial charge in [0.05, 0.1) is 15.4 Å².